The lowest BCUT2D eigenvalue weighted by atomic mass is 10.2. The molecule has 1 aromatic rings. The maximum Gasteiger partial charge on any atom is 0.260 e. The quantitative estimate of drug-likeness (QED) is 0.825. The number of nitrogens with one attached hydrogen (secondary N) is 1. The van der Waals surface area contributed by atoms with Gasteiger partial charge in [-0.25, -0.2) is 4.39 Å². The van der Waals surface area contributed by atoms with E-state index in [9.17, 15) is 9.18 Å². The predicted molar refractivity (Wildman–Crippen MR) is 55.3 cm³/mol. The average molecular weight is 211 g/mol. The topological polar surface area (TPSA) is 38.3 Å². The van der Waals surface area contributed by atoms with Crippen molar-refractivity contribution in [3.8, 4) is 5.75 Å². The first kappa shape index (κ1) is 11.5. The summed E-state index contributed by atoms with van der Waals surface area (Å²) in [5.41, 5.74) is 0.551. The predicted octanol–water partition coefficient (Wildman–Crippen LogP) is 1.65. The number of carbonyl (C=O) groups excluding carboxylic acids is 1. The molecule has 1 aromatic carbocycles. The third-order valence-electron chi connectivity index (χ3n) is 2.07. The van der Waals surface area contributed by atoms with Gasteiger partial charge >= 0.3 is 0 Å². The SMILES string of the molecule is CNC(=O)C(C)Oc1ccc(C)c(F)c1. The van der Waals surface area contributed by atoms with Crippen LogP contribution >= 0.6 is 0 Å². The van der Waals surface area contributed by atoms with Gasteiger partial charge in [-0.1, -0.05) is 6.07 Å². The third kappa shape index (κ3) is 2.94. The molecule has 3 nitrogen and oxygen atoms in total. The summed E-state index contributed by atoms with van der Waals surface area (Å²) in [6.45, 7) is 3.28. The molecule has 1 amide bonds. The zero-order valence-electron chi connectivity index (χ0n) is 9.00. The molecule has 0 heterocycles. The van der Waals surface area contributed by atoms with E-state index in [1.807, 2.05) is 0 Å². The molecule has 1 unspecified atom stereocenters. The van der Waals surface area contributed by atoms with E-state index in [2.05, 4.69) is 5.32 Å². The van der Waals surface area contributed by atoms with Crippen LogP contribution in [0.25, 0.3) is 0 Å². The standard InChI is InChI=1S/C11H14FNO2/c1-7-4-5-9(6-10(7)12)15-8(2)11(14)13-3/h4-6,8H,1-3H3,(H,13,14). The molecule has 0 aliphatic carbocycles. The zero-order chi connectivity index (χ0) is 11.4. The molecule has 82 valence electrons. The van der Waals surface area contributed by atoms with E-state index < -0.39 is 6.10 Å². The minimum absolute atomic E-state index is 0.240. The van der Waals surface area contributed by atoms with Crippen molar-refractivity contribution in [3.05, 3.63) is 29.6 Å². The zero-order valence-corrected chi connectivity index (χ0v) is 9.00. The van der Waals surface area contributed by atoms with Gasteiger partial charge in [-0.2, -0.15) is 0 Å². The number of benzene rings is 1. The summed E-state index contributed by atoms with van der Waals surface area (Å²) in [6, 6.07) is 4.52. The lowest BCUT2D eigenvalue weighted by Gasteiger charge is -2.13. The summed E-state index contributed by atoms with van der Waals surface area (Å²) in [5, 5.41) is 2.45. The van der Waals surface area contributed by atoms with E-state index in [0.29, 0.717) is 11.3 Å². The fourth-order valence-corrected chi connectivity index (χ4v) is 1.11. The van der Waals surface area contributed by atoms with Crippen molar-refractivity contribution in [3.63, 3.8) is 0 Å². The van der Waals surface area contributed by atoms with E-state index in [1.165, 1.54) is 13.1 Å². The fourth-order valence-electron chi connectivity index (χ4n) is 1.11. The van der Waals surface area contributed by atoms with Crippen LogP contribution in [0.5, 0.6) is 5.75 Å². The molecular formula is C11H14FNO2. The highest BCUT2D eigenvalue weighted by Crippen LogP contribution is 2.17. The van der Waals surface area contributed by atoms with E-state index in [0.717, 1.165) is 0 Å². The van der Waals surface area contributed by atoms with Crippen LogP contribution in [0.3, 0.4) is 0 Å². The van der Waals surface area contributed by atoms with Gasteiger partial charge in [0.25, 0.3) is 5.91 Å². The van der Waals surface area contributed by atoms with E-state index in [-0.39, 0.29) is 11.7 Å². The summed E-state index contributed by atoms with van der Waals surface area (Å²) in [4.78, 5) is 11.1. The van der Waals surface area contributed by atoms with Gasteiger partial charge in [0, 0.05) is 13.1 Å². The lowest BCUT2D eigenvalue weighted by Crippen LogP contribution is -2.33. The second kappa shape index (κ2) is 4.77. The van der Waals surface area contributed by atoms with Gasteiger partial charge in [-0.05, 0) is 25.5 Å². The highest BCUT2D eigenvalue weighted by molar-refractivity contribution is 5.80. The van der Waals surface area contributed by atoms with E-state index >= 15 is 0 Å². The monoisotopic (exact) mass is 211 g/mol. The number of carbonyl (C=O) groups is 1. The minimum atomic E-state index is -0.628. The summed E-state index contributed by atoms with van der Waals surface area (Å²) >= 11 is 0. The maximum atomic E-state index is 13.1. The van der Waals surface area contributed by atoms with Crippen molar-refractivity contribution in [2.75, 3.05) is 7.05 Å². The molecule has 0 bridgehead atoms. The van der Waals surface area contributed by atoms with Gasteiger partial charge in [-0.15, -0.1) is 0 Å². The summed E-state index contributed by atoms with van der Waals surface area (Å²) in [6.07, 6.45) is -0.628. The van der Waals surface area contributed by atoms with Crippen molar-refractivity contribution >= 4 is 5.91 Å². The second-order valence-corrected chi connectivity index (χ2v) is 3.29. The van der Waals surface area contributed by atoms with E-state index in [1.54, 1.807) is 26.0 Å². The minimum Gasteiger partial charge on any atom is -0.481 e. The Kier molecular flexibility index (Phi) is 3.66. The molecule has 0 saturated heterocycles. The molecule has 0 aliphatic heterocycles. The van der Waals surface area contributed by atoms with Crippen LogP contribution in [-0.2, 0) is 4.79 Å². The highest BCUT2D eigenvalue weighted by Gasteiger charge is 2.12. The number of aryl methyl sites for hydroxylation is 1. The Labute approximate surface area is 88.2 Å². The van der Waals surface area contributed by atoms with Crippen LogP contribution in [0.4, 0.5) is 4.39 Å². The average Bonchev–Trinajstić information content (AvgIpc) is 2.22. The first-order valence-corrected chi connectivity index (χ1v) is 4.69. The highest BCUT2D eigenvalue weighted by atomic mass is 19.1. The smallest absolute Gasteiger partial charge is 0.260 e. The Morgan fingerprint density at radius 2 is 2.20 bits per heavy atom. The number of likely N-dealkylation sites (N-methyl/N-ethyl adjacent to an activating group) is 1. The van der Waals surface area contributed by atoms with Gasteiger partial charge in [0.15, 0.2) is 6.10 Å². The molecule has 1 atom stereocenters. The number of amides is 1. The van der Waals surface area contributed by atoms with Gasteiger partial charge in [0.1, 0.15) is 11.6 Å². The Morgan fingerprint density at radius 3 is 2.73 bits per heavy atom. The molecule has 0 radical (unpaired) electrons. The first-order valence-electron chi connectivity index (χ1n) is 4.69. The number of hydrogen-bond acceptors (Lipinski definition) is 2. The molecular weight excluding hydrogens is 197 g/mol. The lowest BCUT2D eigenvalue weighted by molar-refractivity contribution is -0.126. The second-order valence-electron chi connectivity index (χ2n) is 3.29. The van der Waals surface area contributed by atoms with Gasteiger partial charge in [0.2, 0.25) is 0 Å². The van der Waals surface area contributed by atoms with Crippen molar-refractivity contribution in [2.24, 2.45) is 0 Å². The van der Waals surface area contributed by atoms with Crippen LogP contribution in [0.2, 0.25) is 0 Å². The summed E-state index contributed by atoms with van der Waals surface area (Å²) in [5.74, 6) is -0.221. The van der Waals surface area contributed by atoms with Gasteiger partial charge in [-0.3, -0.25) is 4.79 Å². The van der Waals surface area contributed by atoms with Crippen LogP contribution in [0.1, 0.15) is 12.5 Å². The largest absolute Gasteiger partial charge is 0.481 e. The molecule has 0 fully saturated rings. The molecule has 1 N–H and O–H groups in total. The number of halogens is 1. The number of hydrogen-bond donors (Lipinski definition) is 1. The van der Waals surface area contributed by atoms with Gasteiger partial charge in [0.05, 0.1) is 0 Å². The Morgan fingerprint density at radius 1 is 1.53 bits per heavy atom. The Bertz CT molecular complexity index is 366. The summed E-state index contributed by atoms with van der Waals surface area (Å²) in [7, 11) is 1.53. The summed E-state index contributed by atoms with van der Waals surface area (Å²) < 4.78 is 18.4. The maximum absolute atomic E-state index is 13.1. The molecule has 4 heteroatoms. The first-order chi connectivity index (χ1) is 7.04. The van der Waals surface area contributed by atoms with Crippen molar-refractivity contribution in [1.29, 1.82) is 0 Å². The van der Waals surface area contributed by atoms with Crippen LogP contribution < -0.4 is 10.1 Å². The van der Waals surface area contributed by atoms with E-state index in [4.69, 9.17) is 4.74 Å². The number of ether oxygens (including phenoxy) is 1. The van der Waals surface area contributed by atoms with Crippen molar-refractivity contribution in [1.82, 2.24) is 5.32 Å². The Hall–Kier alpha value is -1.58. The molecule has 0 aromatic heterocycles. The van der Waals surface area contributed by atoms with Crippen LogP contribution in [0.15, 0.2) is 18.2 Å². The molecule has 0 aliphatic rings. The molecule has 15 heavy (non-hydrogen) atoms. The molecule has 1 rings (SSSR count). The third-order valence-corrected chi connectivity index (χ3v) is 2.07. The number of rotatable bonds is 3. The van der Waals surface area contributed by atoms with Crippen LogP contribution in [0, 0.1) is 12.7 Å². The normalized spacial score (nSPS) is 12.0. The molecule has 0 spiro atoms. The van der Waals surface area contributed by atoms with Crippen molar-refractivity contribution in [2.45, 2.75) is 20.0 Å². The molecule has 0 saturated carbocycles. The van der Waals surface area contributed by atoms with Gasteiger partial charge < -0.3 is 10.1 Å². The van der Waals surface area contributed by atoms with Crippen LogP contribution in [-0.4, -0.2) is 19.1 Å². The Balaban J connectivity index is 2.73. The van der Waals surface area contributed by atoms with Crippen molar-refractivity contribution < 1.29 is 13.9 Å². The fraction of sp³-hybridized carbons (Fsp3) is 0.364.